The molecule has 2 unspecified atom stereocenters. The van der Waals surface area contributed by atoms with Crippen molar-refractivity contribution in [3.05, 3.63) is 34.3 Å². The topological polar surface area (TPSA) is 26.0 Å². The molecule has 2 rings (SSSR count). The van der Waals surface area contributed by atoms with Crippen LogP contribution in [-0.2, 0) is 0 Å². The lowest BCUT2D eigenvalue weighted by molar-refractivity contribution is 0.863. The van der Waals surface area contributed by atoms with E-state index in [4.69, 9.17) is 5.73 Å². The molecular formula is C11H15BrINS. The third-order valence-corrected chi connectivity index (χ3v) is 5.01. The predicted molar refractivity (Wildman–Crippen MR) is 82.2 cm³/mol. The van der Waals surface area contributed by atoms with Gasteiger partial charge in [-0.15, -0.1) is 24.0 Å². The Bertz CT molecular complexity index is 324. The van der Waals surface area contributed by atoms with Gasteiger partial charge in [0.1, 0.15) is 0 Å². The van der Waals surface area contributed by atoms with Crippen LogP contribution in [0.1, 0.15) is 17.9 Å². The first-order valence-corrected chi connectivity index (χ1v) is 6.74. The average molecular weight is 400 g/mol. The van der Waals surface area contributed by atoms with Crippen LogP contribution >= 0.6 is 51.7 Å². The van der Waals surface area contributed by atoms with Gasteiger partial charge in [-0.3, -0.25) is 0 Å². The highest BCUT2D eigenvalue weighted by Crippen LogP contribution is 2.58. The van der Waals surface area contributed by atoms with Gasteiger partial charge < -0.3 is 5.73 Å². The minimum Gasteiger partial charge on any atom is -0.329 e. The van der Waals surface area contributed by atoms with Crippen LogP contribution in [0, 0.1) is 0 Å². The molecule has 0 radical (unpaired) electrons. The van der Waals surface area contributed by atoms with E-state index in [9.17, 15) is 0 Å². The molecule has 1 fully saturated rings. The number of rotatable bonds is 3. The van der Waals surface area contributed by atoms with Crippen LogP contribution in [0.2, 0.25) is 0 Å². The van der Waals surface area contributed by atoms with Crippen molar-refractivity contribution in [1.29, 1.82) is 0 Å². The Labute approximate surface area is 121 Å². The standard InChI is InChI=1S/C11H14BrNS.HI/c1-14-11(7-13)6-10(11)8-2-4-9(12)5-3-8;/h2-5,10H,6-7,13H2,1H3;1H. The van der Waals surface area contributed by atoms with Crippen LogP contribution in [0.25, 0.3) is 0 Å². The van der Waals surface area contributed by atoms with E-state index >= 15 is 0 Å². The molecule has 0 heterocycles. The smallest absolute Gasteiger partial charge is 0.0354 e. The Hall–Kier alpha value is 0.740. The number of nitrogens with two attached hydrogens (primary N) is 1. The third kappa shape index (κ3) is 2.70. The highest BCUT2D eigenvalue weighted by atomic mass is 127. The fourth-order valence-electron chi connectivity index (χ4n) is 1.94. The van der Waals surface area contributed by atoms with Gasteiger partial charge in [0.2, 0.25) is 0 Å². The monoisotopic (exact) mass is 399 g/mol. The van der Waals surface area contributed by atoms with Crippen molar-refractivity contribution in [1.82, 2.24) is 0 Å². The van der Waals surface area contributed by atoms with Crippen molar-refractivity contribution in [2.75, 3.05) is 12.8 Å². The molecule has 1 aliphatic carbocycles. The van der Waals surface area contributed by atoms with Crippen LogP contribution in [0.15, 0.2) is 28.7 Å². The summed E-state index contributed by atoms with van der Waals surface area (Å²) in [6, 6.07) is 8.61. The number of halogens is 2. The van der Waals surface area contributed by atoms with E-state index in [1.165, 1.54) is 12.0 Å². The van der Waals surface area contributed by atoms with Crippen LogP contribution in [-0.4, -0.2) is 17.5 Å². The number of hydrogen-bond acceptors (Lipinski definition) is 2. The summed E-state index contributed by atoms with van der Waals surface area (Å²) in [6.45, 7) is 0.787. The molecule has 0 spiro atoms. The van der Waals surface area contributed by atoms with E-state index in [1.807, 2.05) is 11.8 Å². The molecule has 2 atom stereocenters. The molecule has 2 N–H and O–H groups in total. The first-order chi connectivity index (χ1) is 6.72. The molecule has 1 nitrogen and oxygen atoms in total. The minimum atomic E-state index is 0. The second kappa shape index (κ2) is 5.38. The Morgan fingerprint density at radius 1 is 1.47 bits per heavy atom. The van der Waals surface area contributed by atoms with E-state index in [1.54, 1.807) is 0 Å². The predicted octanol–water partition coefficient (Wildman–Crippen LogP) is 3.61. The van der Waals surface area contributed by atoms with Gasteiger partial charge in [-0.05, 0) is 30.4 Å². The number of thioether (sulfide) groups is 1. The molecule has 0 aliphatic heterocycles. The lowest BCUT2D eigenvalue weighted by atomic mass is 10.1. The van der Waals surface area contributed by atoms with Crippen molar-refractivity contribution in [2.45, 2.75) is 17.1 Å². The van der Waals surface area contributed by atoms with Crippen LogP contribution in [0.4, 0.5) is 0 Å². The number of benzene rings is 1. The zero-order valence-corrected chi connectivity index (χ0v) is 13.3. The fraction of sp³-hybridized carbons (Fsp3) is 0.455. The van der Waals surface area contributed by atoms with Gasteiger partial charge in [0.05, 0.1) is 0 Å². The summed E-state index contributed by atoms with van der Waals surface area (Å²) < 4.78 is 1.47. The fourth-order valence-corrected chi connectivity index (χ4v) is 3.12. The zero-order valence-electron chi connectivity index (χ0n) is 8.57. The maximum Gasteiger partial charge on any atom is 0.0354 e. The summed E-state index contributed by atoms with van der Waals surface area (Å²) in [4.78, 5) is 0. The number of hydrogen-bond donors (Lipinski definition) is 1. The van der Waals surface area contributed by atoms with Crippen molar-refractivity contribution >= 4 is 51.7 Å². The molecule has 84 valence electrons. The highest BCUT2D eigenvalue weighted by molar-refractivity contribution is 14.0. The molecule has 1 aromatic rings. The SMILES string of the molecule is CSC1(CN)CC1c1ccc(Br)cc1.I. The van der Waals surface area contributed by atoms with E-state index < -0.39 is 0 Å². The van der Waals surface area contributed by atoms with Crippen molar-refractivity contribution in [3.63, 3.8) is 0 Å². The van der Waals surface area contributed by atoms with Gasteiger partial charge >= 0.3 is 0 Å². The molecule has 4 heteroatoms. The Kier molecular flexibility index (Phi) is 4.95. The minimum absolute atomic E-state index is 0. The van der Waals surface area contributed by atoms with Crippen molar-refractivity contribution in [2.24, 2.45) is 5.73 Å². The summed E-state index contributed by atoms with van der Waals surface area (Å²) in [6.07, 6.45) is 3.39. The maximum atomic E-state index is 5.81. The third-order valence-electron chi connectivity index (χ3n) is 3.05. The molecule has 15 heavy (non-hydrogen) atoms. The molecule has 1 saturated carbocycles. The summed E-state index contributed by atoms with van der Waals surface area (Å²) in [5.41, 5.74) is 7.23. The zero-order chi connectivity index (χ0) is 10.2. The van der Waals surface area contributed by atoms with E-state index in [2.05, 4.69) is 46.5 Å². The first-order valence-electron chi connectivity index (χ1n) is 4.72. The summed E-state index contributed by atoms with van der Waals surface area (Å²) in [5.74, 6) is 0.663. The van der Waals surface area contributed by atoms with Gasteiger partial charge in [-0.1, -0.05) is 28.1 Å². The van der Waals surface area contributed by atoms with Crippen LogP contribution in [0.5, 0.6) is 0 Å². The quantitative estimate of drug-likeness (QED) is 0.785. The largest absolute Gasteiger partial charge is 0.329 e. The molecule has 0 amide bonds. The Balaban J connectivity index is 0.00000112. The Morgan fingerprint density at radius 3 is 2.47 bits per heavy atom. The van der Waals surface area contributed by atoms with E-state index in [-0.39, 0.29) is 24.0 Å². The molecular weight excluding hydrogens is 385 g/mol. The van der Waals surface area contributed by atoms with Gasteiger partial charge in [0.25, 0.3) is 0 Å². The second-order valence-corrected chi connectivity index (χ2v) is 5.92. The molecule has 0 aromatic heterocycles. The molecule has 0 saturated heterocycles. The molecule has 1 aliphatic rings. The van der Waals surface area contributed by atoms with E-state index in [0.29, 0.717) is 10.7 Å². The second-order valence-electron chi connectivity index (χ2n) is 3.78. The average Bonchev–Trinajstić information content (AvgIpc) is 2.94. The normalized spacial score (nSPS) is 28.3. The molecule has 0 bridgehead atoms. The first kappa shape index (κ1) is 13.8. The van der Waals surface area contributed by atoms with Crippen molar-refractivity contribution in [3.8, 4) is 0 Å². The highest BCUT2D eigenvalue weighted by Gasteiger charge is 2.53. The van der Waals surface area contributed by atoms with Gasteiger partial charge in [0.15, 0.2) is 0 Å². The summed E-state index contributed by atoms with van der Waals surface area (Å²) >= 11 is 5.36. The van der Waals surface area contributed by atoms with Crippen molar-refractivity contribution < 1.29 is 0 Å². The van der Waals surface area contributed by atoms with Gasteiger partial charge in [-0.2, -0.15) is 11.8 Å². The van der Waals surface area contributed by atoms with Gasteiger partial charge in [-0.25, -0.2) is 0 Å². The summed E-state index contributed by atoms with van der Waals surface area (Å²) in [7, 11) is 0. The maximum absolute atomic E-state index is 5.81. The van der Waals surface area contributed by atoms with Gasteiger partial charge in [0, 0.05) is 21.7 Å². The van der Waals surface area contributed by atoms with E-state index in [0.717, 1.165) is 11.0 Å². The lowest BCUT2D eigenvalue weighted by Crippen LogP contribution is -2.19. The Morgan fingerprint density at radius 2 is 2.07 bits per heavy atom. The lowest BCUT2D eigenvalue weighted by Gasteiger charge is -2.11. The van der Waals surface area contributed by atoms with Crippen LogP contribution < -0.4 is 5.73 Å². The summed E-state index contributed by atoms with van der Waals surface area (Å²) in [5, 5.41) is 0. The van der Waals surface area contributed by atoms with Crippen LogP contribution in [0.3, 0.4) is 0 Å². The molecule has 1 aromatic carbocycles.